The Labute approximate surface area is 80.0 Å². The van der Waals surface area contributed by atoms with E-state index in [1.807, 2.05) is 0 Å². The van der Waals surface area contributed by atoms with Gasteiger partial charge in [-0.15, -0.1) is 0 Å². The average molecular weight is 199 g/mol. The van der Waals surface area contributed by atoms with Gasteiger partial charge < -0.3 is 4.85 Å². The number of hydrogen-bond donors (Lipinski definition) is 0. The first kappa shape index (κ1) is 10.6. The van der Waals surface area contributed by atoms with E-state index in [0.717, 1.165) is 17.7 Å². The van der Waals surface area contributed by atoms with Gasteiger partial charge in [-0.2, -0.15) is 13.2 Å². The molecule has 0 unspecified atom stereocenters. The van der Waals surface area contributed by atoms with Crippen LogP contribution in [0.15, 0.2) is 24.3 Å². The van der Waals surface area contributed by atoms with E-state index in [9.17, 15) is 13.2 Å². The van der Waals surface area contributed by atoms with Crippen LogP contribution in [0.4, 0.5) is 13.2 Å². The van der Waals surface area contributed by atoms with Gasteiger partial charge in [-0.05, 0) is 17.7 Å². The van der Waals surface area contributed by atoms with Gasteiger partial charge >= 0.3 is 6.18 Å². The number of nitrogens with zero attached hydrogens (tertiary/aromatic N) is 1. The van der Waals surface area contributed by atoms with Gasteiger partial charge in [-0.1, -0.05) is 12.1 Å². The number of rotatable bonds is 2. The standard InChI is InChI=1S/C10H8F3N/c1-14-7-6-8-2-4-9(5-3-8)10(11,12)13/h2-5H,6-7H2. The van der Waals surface area contributed by atoms with Gasteiger partial charge in [0.15, 0.2) is 0 Å². The predicted octanol–water partition coefficient (Wildman–Crippen LogP) is 3.17. The summed E-state index contributed by atoms with van der Waals surface area (Å²) in [4.78, 5) is 3.13. The molecule has 0 aliphatic heterocycles. The lowest BCUT2D eigenvalue weighted by Gasteiger charge is -2.06. The van der Waals surface area contributed by atoms with Crippen LogP contribution >= 0.6 is 0 Å². The fourth-order valence-corrected chi connectivity index (χ4v) is 1.05. The summed E-state index contributed by atoms with van der Waals surface area (Å²) in [5, 5.41) is 0. The molecule has 14 heavy (non-hydrogen) atoms. The Morgan fingerprint density at radius 2 is 1.71 bits per heavy atom. The van der Waals surface area contributed by atoms with Gasteiger partial charge in [0.2, 0.25) is 6.54 Å². The summed E-state index contributed by atoms with van der Waals surface area (Å²) in [5.74, 6) is 0. The first-order chi connectivity index (χ1) is 6.54. The zero-order valence-electron chi connectivity index (χ0n) is 7.30. The number of benzene rings is 1. The molecule has 0 fully saturated rings. The second kappa shape index (κ2) is 4.14. The first-order valence-electron chi connectivity index (χ1n) is 4.03. The Morgan fingerprint density at radius 3 is 2.14 bits per heavy atom. The molecular weight excluding hydrogens is 191 g/mol. The minimum atomic E-state index is -4.28. The molecule has 0 saturated heterocycles. The Balaban J connectivity index is 2.75. The molecule has 1 rings (SSSR count). The van der Waals surface area contributed by atoms with Crippen LogP contribution in [0.2, 0.25) is 0 Å². The number of hydrogen-bond acceptors (Lipinski definition) is 0. The minimum absolute atomic E-state index is 0.311. The van der Waals surface area contributed by atoms with E-state index in [1.165, 1.54) is 12.1 Å². The molecule has 0 bridgehead atoms. The zero-order chi connectivity index (χ0) is 10.6. The molecule has 0 N–H and O–H groups in total. The van der Waals surface area contributed by atoms with Crippen LogP contribution in [0.1, 0.15) is 11.1 Å². The molecule has 0 aliphatic carbocycles. The van der Waals surface area contributed by atoms with Gasteiger partial charge in [-0.25, -0.2) is 6.57 Å². The number of halogens is 3. The molecule has 0 aliphatic rings. The Morgan fingerprint density at radius 1 is 1.14 bits per heavy atom. The molecule has 4 heteroatoms. The van der Waals surface area contributed by atoms with Gasteiger partial charge in [0.05, 0.1) is 5.56 Å². The van der Waals surface area contributed by atoms with Crippen molar-refractivity contribution < 1.29 is 13.2 Å². The lowest BCUT2D eigenvalue weighted by Crippen LogP contribution is -2.04. The lowest BCUT2D eigenvalue weighted by atomic mass is 10.1. The Hall–Kier alpha value is -1.50. The molecule has 74 valence electrons. The highest BCUT2D eigenvalue weighted by molar-refractivity contribution is 5.24. The summed E-state index contributed by atoms with van der Waals surface area (Å²) in [6.45, 7) is 6.85. The maximum absolute atomic E-state index is 12.1. The van der Waals surface area contributed by atoms with Crippen molar-refractivity contribution in [3.63, 3.8) is 0 Å². The van der Waals surface area contributed by atoms with Crippen LogP contribution < -0.4 is 0 Å². The van der Waals surface area contributed by atoms with Crippen molar-refractivity contribution in [2.24, 2.45) is 0 Å². The van der Waals surface area contributed by atoms with Crippen LogP contribution in [0.25, 0.3) is 4.85 Å². The van der Waals surface area contributed by atoms with Gasteiger partial charge in [0, 0.05) is 6.42 Å². The molecule has 0 atom stereocenters. The second-order valence-electron chi connectivity index (χ2n) is 2.83. The molecule has 0 aromatic heterocycles. The minimum Gasteiger partial charge on any atom is -0.317 e. The van der Waals surface area contributed by atoms with Crippen LogP contribution in [-0.2, 0) is 12.6 Å². The third-order valence-corrected chi connectivity index (χ3v) is 1.79. The summed E-state index contributed by atoms with van der Waals surface area (Å²) >= 11 is 0. The SMILES string of the molecule is [C-]#[N+]CCc1ccc(C(F)(F)F)cc1. The molecular formula is C10H8F3N. The second-order valence-corrected chi connectivity index (χ2v) is 2.83. The monoisotopic (exact) mass is 199 g/mol. The fraction of sp³-hybridized carbons (Fsp3) is 0.300. The van der Waals surface area contributed by atoms with Crippen LogP contribution in [0.3, 0.4) is 0 Å². The average Bonchev–Trinajstić information content (AvgIpc) is 2.14. The van der Waals surface area contributed by atoms with Crippen molar-refractivity contribution in [1.29, 1.82) is 0 Å². The first-order valence-corrected chi connectivity index (χ1v) is 4.03. The highest BCUT2D eigenvalue weighted by atomic mass is 19.4. The Kier molecular flexibility index (Phi) is 3.13. The highest BCUT2D eigenvalue weighted by Gasteiger charge is 2.29. The van der Waals surface area contributed by atoms with Crippen LogP contribution in [-0.4, -0.2) is 6.54 Å². The van der Waals surface area contributed by atoms with E-state index in [4.69, 9.17) is 6.57 Å². The molecule has 1 aromatic rings. The van der Waals surface area contributed by atoms with Gasteiger partial charge in [0.1, 0.15) is 0 Å². The van der Waals surface area contributed by atoms with Gasteiger partial charge in [0.25, 0.3) is 0 Å². The largest absolute Gasteiger partial charge is 0.416 e. The maximum atomic E-state index is 12.1. The van der Waals surface area contributed by atoms with E-state index in [1.54, 1.807) is 0 Å². The molecule has 0 heterocycles. The number of alkyl halides is 3. The summed E-state index contributed by atoms with van der Waals surface area (Å²) < 4.78 is 36.4. The summed E-state index contributed by atoms with van der Waals surface area (Å²) in [5.41, 5.74) is 0.109. The Bertz CT molecular complexity index is 332. The highest BCUT2D eigenvalue weighted by Crippen LogP contribution is 2.29. The normalized spacial score (nSPS) is 11.0. The van der Waals surface area contributed by atoms with Crippen molar-refractivity contribution in [1.82, 2.24) is 0 Å². The van der Waals surface area contributed by atoms with Crippen LogP contribution in [0.5, 0.6) is 0 Å². The quantitative estimate of drug-likeness (QED) is 0.644. The summed E-state index contributed by atoms with van der Waals surface area (Å²) in [7, 11) is 0. The molecule has 1 aromatic carbocycles. The van der Waals surface area contributed by atoms with E-state index in [2.05, 4.69) is 4.85 Å². The maximum Gasteiger partial charge on any atom is 0.416 e. The summed E-state index contributed by atoms with van der Waals surface area (Å²) in [6, 6.07) is 4.90. The van der Waals surface area contributed by atoms with Crippen LogP contribution in [0, 0.1) is 6.57 Å². The van der Waals surface area contributed by atoms with E-state index in [-0.39, 0.29) is 0 Å². The molecule has 0 radical (unpaired) electrons. The third-order valence-electron chi connectivity index (χ3n) is 1.79. The smallest absolute Gasteiger partial charge is 0.317 e. The van der Waals surface area contributed by atoms with Crippen molar-refractivity contribution >= 4 is 0 Å². The predicted molar refractivity (Wildman–Crippen MR) is 46.6 cm³/mol. The van der Waals surface area contributed by atoms with Crippen molar-refractivity contribution in [3.05, 3.63) is 46.8 Å². The molecule has 0 saturated carbocycles. The van der Waals surface area contributed by atoms with E-state index in [0.29, 0.717) is 13.0 Å². The summed E-state index contributed by atoms with van der Waals surface area (Å²) in [6.07, 6.45) is -3.78. The van der Waals surface area contributed by atoms with E-state index >= 15 is 0 Å². The third kappa shape index (κ3) is 2.77. The lowest BCUT2D eigenvalue weighted by molar-refractivity contribution is -0.137. The van der Waals surface area contributed by atoms with Crippen molar-refractivity contribution in [2.75, 3.05) is 6.54 Å². The zero-order valence-corrected chi connectivity index (χ0v) is 7.30. The fourth-order valence-electron chi connectivity index (χ4n) is 1.05. The topological polar surface area (TPSA) is 4.36 Å². The van der Waals surface area contributed by atoms with Crippen molar-refractivity contribution in [3.8, 4) is 0 Å². The van der Waals surface area contributed by atoms with E-state index < -0.39 is 11.7 Å². The molecule has 0 amide bonds. The van der Waals surface area contributed by atoms with Crippen molar-refractivity contribution in [2.45, 2.75) is 12.6 Å². The van der Waals surface area contributed by atoms with Gasteiger partial charge in [-0.3, -0.25) is 0 Å². The molecule has 1 nitrogen and oxygen atoms in total. The molecule has 0 spiro atoms.